The Labute approximate surface area is 148 Å². The van der Waals surface area contributed by atoms with Crippen molar-refractivity contribution in [3.63, 3.8) is 0 Å². The highest BCUT2D eigenvalue weighted by Crippen LogP contribution is 2.28. The van der Waals surface area contributed by atoms with E-state index in [0.717, 1.165) is 16.8 Å². The fourth-order valence-electron chi connectivity index (χ4n) is 2.88. The molecule has 2 rings (SSSR count). The van der Waals surface area contributed by atoms with Crippen molar-refractivity contribution in [1.82, 2.24) is 10.0 Å². The van der Waals surface area contributed by atoms with Crippen molar-refractivity contribution in [2.75, 3.05) is 30.9 Å². The summed E-state index contributed by atoms with van der Waals surface area (Å²) >= 11 is 11.8. The number of thiocarbonyl (C=S) groups is 1. The van der Waals surface area contributed by atoms with Gasteiger partial charge in [-0.1, -0.05) is 17.7 Å². The summed E-state index contributed by atoms with van der Waals surface area (Å²) < 4.78 is 23.5. The molecule has 1 aliphatic rings. The van der Waals surface area contributed by atoms with E-state index in [2.05, 4.69) is 5.32 Å². The van der Waals surface area contributed by atoms with Gasteiger partial charge in [0.05, 0.1) is 28.3 Å². The Balaban J connectivity index is 2.23. The van der Waals surface area contributed by atoms with Gasteiger partial charge in [-0.25, -0.2) is 13.4 Å². The Morgan fingerprint density at radius 2 is 2.00 bits per heavy atom. The molecule has 1 aromatic carbocycles. The van der Waals surface area contributed by atoms with Crippen molar-refractivity contribution in [3.8, 4) is 0 Å². The van der Waals surface area contributed by atoms with Crippen molar-refractivity contribution in [2.45, 2.75) is 26.3 Å². The minimum atomic E-state index is -2.98. The van der Waals surface area contributed by atoms with E-state index in [4.69, 9.17) is 23.8 Å². The zero-order chi connectivity index (χ0) is 17.4. The van der Waals surface area contributed by atoms with Crippen LogP contribution in [0.15, 0.2) is 12.1 Å². The van der Waals surface area contributed by atoms with Crippen LogP contribution in [0.5, 0.6) is 0 Å². The quantitative estimate of drug-likeness (QED) is 0.647. The maximum atomic E-state index is 11.8. The van der Waals surface area contributed by atoms with Crippen molar-refractivity contribution < 1.29 is 8.42 Å². The van der Waals surface area contributed by atoms with Crippen molar-refractivity contribution in [1.29, 1.82) is 0 Å². The summed E-state index contributed by atoms with van der Waals surface area (Å²) in [6.45, 7) is 3.94. The van der Waals surface area contributed by atoms with E-state index < -0.39 is 9.84 Å². The van der Waals surface area contributed by atoms with Crippen LogP contribution in [0, 0.1) is 13.8 Å². The van der Waals surface area contributed by atoms with Crippen LogP contribution in [0.4, 0.5) is 5.69 Å². The molecule has 1 N–H and O–H groups in total. The van der Waals surface area contributed by atoms with E-state index in [1.807, 2.05) is 50.1 Å². The van der Waals surface area contributed by atoms with E-state index in [9.17, 15) is 8.42 Å². The highest BCUT2D eigenvalue weighted by Gasteiger charge is 2.35. The minimum Gasteiger partial charge on any atom is -0.330 e. The van der Waals surface area contributed by atoms with Gasteiger partial charge >= 0.3 is 0 Å². The van der Waals surface area contributed by atoms with Crippen LogP contribution in [0.2, 0.25) is 5.02 Å². The maximum Gasteiger partial charge on any atom is 0.188 e. The van der Waals surface area contributed by atoms with Crippen LogP contribution in [0.25, 0.3) is 0 Å². The number of hydrazine groups is 1. The minimum absolute atomic E-state index is 0.119. The molecule has 0 radical (unpaired) electrons. The molecule has 0 saturated carbocycles. The summed E-state index contributed by atoms with van der Waals surface area (Å²) in [6.07, 6.45) is 0.572. The zero-order valence-electron chi connectivity index (χ0n) is 13.8. The fraction of sp³-hybridized carbons (Fsp3) is 0.533. The number of nitrogens with one attached hydrogen (secondary N) is 1. The standard InChI is InChI=1S/C15H22ClN3O2S2/c1-10-7-11(2)14(13(16)8-10)17-15(22)19(18(3)4)12-5-6-23(20,21)9-12/h7-8,12H,5-6,9H2,1-4H3,(H,17,22)/t12-/m0/s1. The largest absolute Gasteiger partial charge is 0.330 e. The third-order valence-corrected chi connectivity index (χ3v) is 6.19. The number of rotatable bonds is 3. The third-order valence-electron chi connectivity index (χ3n) is 3.86. The highest BCUT2D eigenvalue weighted by molar-refractivity contribution is 7.91. The van der Waals surface area contributed by atoms with Crippen LogP contribution in [0.1, 0.15) is 17.5 Å². The maximum absolute atomic E-state index is 11.8. The molecule has 1 heterocycles. The molecule has 5 nitrogen and oxygen atoms in total. The molecule has 0 amide bonds. The van der Waals surface area contributed by atoms with Crippen LogP contribution < -0.4 is 5.32 Å². The summed E-state index contributed by atoms with van der Waals surface area (Å²) in [5.41, 5.74) is 2.83. The lowest BCUT2D eigenvalue weighted by Crippen LogP contribution is -2.51. The normalized spacial score (nSPS) is 19.8. The van der Waals surface area contributed by atoms with Gasteiger partial charge in [-0.15, -0.1) is 0 Å². The van der Waals surface area contributed by atoms with Gasteiger partial charge in [-0.05, 0) is 49.7 Å². The summed E-state index contributed by atoms with van der Waals surface area (Å²) in [5, 5.41) is 7.86. The highest BCUT2D eigenvalue weighted by atomic mass is 35.5. The van der Waals surface area contributed by atoms with Crippen LogP contribution in [-0.2, 0) is 9.84 Å². The van der Waals surface area contributed by atoms with Gasteiger partial charge in [0.1, 0.15) is 0 Å². The second-order valence-corrected chi connectivity index (χ2v) is 9.14. The van der Waals surface area contributed by atoms with Crippen molar-refractivity contribution in [3.05, 3.63) is 28.3 Å². The monoisotopic (exact) mass is 375 g/mol. The Hall–Kier alpha value is -0.890. The van der Waals surface area contributed by atoms with Gasteiger partial charge in [-0.2, -0.15) is 0 Å². The predicted octanol–water partition coefficient (Wildman–Crippen LogP) is 2.62. The topological polar surface area (TPSA) is 52.7 Å². The summed E-state index contributed by atoms with van der Waals surface area (Å²) in [6, 6.07) is 3.75. The van der Waals surface area contributed by atoms with E-state index in [1.165, 1.54) is 0 Å². The van der Waals surface area contributed by atoms with Crippen molar-refractivity contribution >= 4 is 44.5 Å². The molecule has 0 aliphatic carbocycles. The Bertz CT molecular complexity index is 696. The molecule has 1 aromatic rings. The Morgan fingerprint density at radius 1 is 1.35 bits per heavy atom. The van der Waals surface area contributed by atoms with Crippen LogP contribution >= 0.6 is 23.8 Å². The van der Waals surface area contributed by atoms with Gasteiger partial charge in [0, 0.05) is 14.1 Å². The molecule has 1 fully saturated rings. The van der Waals surface area contributed by atoms with Gasteiger partial charge in [0.15, 0.2) is 14.9 Å². The molecule has 1 atom stereocenters. The second-order valence-electron chi connectivity index (χ2n) is 6.12. The first-order valence-electron chi connectivity index (χ1n) is 7.35. The van der Waals surface area contributed by atoms with E-state index >= 15 is 0 Å². The molecule has 1 aliphatic heterocycles. The van der Waals surface area contributed by atoms with Crippen LogP contribution in [0.3, 0.4) is 0 Å². The zero-order valence-corrected chi connectivity index (χ0v) is 16.1. The first-order chi connectivity index (χ1) is 10.6. The van der Waals surface area contributed by atoms with E-state index in [0.29, 0.717) is 16.6 Å². The van der Waals surface area contributed by atoms with E-state index in [-0.39, 0.29) is 17.5 Å². The number of halogens is 1. The van der Waals surface area contributed by atoms with Crippen molar-refractivity contribution in [2.24, 2.45) is 0 Å². The number of benzene rings is 1. The first-order valence-corrected chi connectivity index (χ1v) is 9.96. The Morgan fingerprint density at radius 3 is 2.48 bits per heavy atom. The smallest absolute Gasteiger partial charge is 0.188 e. The number of sulfone groups is 1. The van der Waals surface area contributed by atoms with Gasteiger partial charge in [0.25, 0.3) is 0 Å². The number of hydrogen-bond acceptors (Lipinski definition) is 4. The predicted molar refractivity (Wildman–Crippen MR) is 99.7 cm³/mol. The fourth-order valence-corrected chi connectivity index (χ4v) is 5.36. The average Bonchev–Trinajstić information content (AvgIpc) is 2.73. The molecular formula is C15H22ClN3O2S2. The molecule has 0 bridgehead atoms. The Kier molecular flexibility index (Phi) is 5.56. The molecule has 128 valence electrons. The lowest BCUT2D eigenvalue weighted by Gasteiger charge is -2.36. The van der Waals surface area contributed by atoms with Crippen LogP contribution in [-0.4, -0.2) is 55.2 Å². The number of aryl methyl sites for hydroxylation is 2. The molecule has 1 saturated heterocycles. The molecule has 8 heteroatoms. The third kappa shape index (κ3) is 4.35. The van der Waals surface area contributed by atoms with Gasteiger partial charge < -0.3 is 5.32 Å². The van der Waals surface area contributed by atoms with E-state index in [1.54, 1.807) is 0 Å². The van der Waals surface area contributed by atoms with Gasteiger partial charge in [-0.3, -0.25) is 5.01 Å². The van der Waals surface area contributed by atoms with Gasteiger partial charge in [0.2, 0.25) is 0 Å². The summed E-state index contributed by atoms with van der Waals surface area (Å²) in [5.74, 6) is 0.322. The molecule has 0 aromatic heterocycles. The summed E-state index contributed by atoms with van der Waals surface area (Å²) in [7, 11) is 0.715. The average molecular weight is 376 g/mol. The lowest BCUT2D eigenvalue weighted by molar-refractivity contribution is 0.0757. The summed E-state index contributed by atoms with van der Waals surface area (Å²) in [4.78, 5) is 0. The first kappa shape index (κ1) is 18.4. The SMILES string of the molecule is Cc1cc(C)c(NC(=S)N([C@H]2CCS(=O)(=O)C2)N(C)C)c(Cl)c1. The molecule has 0 spiro atoms. The number of hydrogen-bond donors (Lipinski definition) is 1. The molecule has 23 heavy (non-hydrogen) atoms. The molecular weight excluding hydrogens is 354 g/mol. The second kappa shape index (κ2) is 6.93. The number of anilines is 1. The number of nitrogens with zero attached hydrogens (tertiary/aromatic N) is 2. The molecule has 0 unspecified atom stereocenters. The lowest BCUT2D eigenvalue weighted by atomic mass is 10.1.